The van der Waals surface area contributed by atoms with E-state index in [9.17, 15) is 0 Å². The SMILES string of the molecule is CC(CN1CCCCC1)NCc1cnsn1. The van der Waals surface area contributed by atoms with Crippen LogP contribution >= 0.6 is 11.7 Å². The molecule has 0 bridgehead atoms. The van der Waals surface area contributed by atoms with Crippen LogP contribution in [0.3, 0.4) is 0 Å². The minimum Gasteiger partial charge on any atom is -0.307 e. The maximum absolute atomic E-state index is 4.19. The highest BCUT2D eigenvalue weighted by atomic mass is 32.1. The molecule has 4 nitrogen and oxygen atoms in total. The Kier molecular flexibility index (Phi) is 4.69. The first-order valence-electron chi connectivity index (χ1n) is 6.07. The summed E-state index contributed by atoms with van der Waals surface area (Å²) in [5, 5.41) is 3.49. The van der Waals surface area contributed by atoms with E-state index in [1.165, 1.54) is 44.1 Å². The number of nitrogens with one attached hydrogen (secondary N) is 1. The van der Waals surface area contributed by atoms with E-state index in [0.29, 0.717) is 6.04 Å². The average molecular weight is 240 g/mol. The lowest BCUT2D eigenvalue weighted by Gasteiger charge is -2.29. The zero-order valence-corrected chi connectivity index (χ0v) is 10.7. The minimum atomic E-state index is 0.528. The van der Waals surface area contributed by atoms with Crippen LogP contribution in [-0.4, -0.2) is 39.3 Å². The van der Waals surface area contributed by atoms with Gasteiger partial charge in [-0.05, 0) is 32.9 Å². The zero-order chi connectivity index (χ0) is 11.2. The second kappa shape index (κ2) is 6.27. The molecule has 5 heteroatoms. The lowest BCUT2D eigenvalue weighted by atomic mass is 10.1. The standard InChI is InChI=1S/C11H20N4S/c1-10(9-15-5-3-2-4-6-15)12-7-11-8-13-16-14-11/h8,10,12H,2-7,9H2,1H3. The molecule has 2 heterocycles. The Labute approximate surface area is 101 Å². The third kappa shape index (κ3) is 3.81. The first-order valence-corrected chi connectivity index (χ1v) is 6.80. The van der Waals surface area contributed by atoms with Crippen LogP contribution < -0.4 is 5.32 Å². The van der Waals surface area contributed by atoms with Gasteiger partial charge >= 0.3 is 0 Å². The number of nitrogens with zero attached hydrogens (tertiary/aromatic N) is 3. The number of hydrogen-bond acceptors (Lipinski definition) is 5. The van der Waals surface area contributed by atoms with Crippen molar-refractivity contribution in [3.8, 4) is 0 Å². The molecule has 1 saturated heterocycles. The van der Waals surface area contributed by atoms with Gasteiger partial charge in [-0.15, -0.1) is 0 Å². The summed E-state index contributed by atoms with van der Waals surface area (Å²) in [6.07, 6.45) is 5.97. The number of likely N-dealkylation sites (tertiary alicyclic amines) is 1. The minimum absolute atomic E-state index is 0.528. The maximum atomic E-state index is 4.19. The fourth-order valence-corrected chi connectivity index (χ4v) is 2.57. The summed E-state index contributed by atoms with van der Waals surface area (Å²) in [6.45, 7) is 6.77. The molecule has 1 N–H and O–H groups in total. The molecule has 1 atom stereocenters. The molecule has 0 spiro atoms. The van der Waals surface area contributed by atoms with Gasteiger partial charge in [0.2, 0.25) is 0 Å². The number of hydrogen-bond donors (Lipinski definition) is 1. The van der Waals surface area contributed by atoms with Crippen molar-refractivity contribution in [1.82, 2.24) is 19.0 Å². The molecule has 0 radical (unpaired) electrons. The summed E-state index contributed by atoms with van der Waals surface area (Å²) in [7, 11) is 0. The van der Waals surface area contributed by atoms with Crippen molar-refractivity contribution in [2.75, 3.05) is 19.6 Å². The van der Waals surface area contributed by atoms with Gasteiger partial charge in [0.1, 0.15) is 0 Å². The topological polar surface area (TPSA) is 41.0 Å². The molecule has 1 aliphatic rings. The van der Waals surface area contributed by atoms with E-state index in [2.05, 4.69) is 25.9 Å². The van der Waals surface area contributed by atoms with E-state index in [4.69, 9.17) is 0 Å². The van der Waals surface area contributed by atoms with E-state index in [-0.39, 0.29) is 0 Å². The van der Waals surface area contributed by atoms with E-state index >= 15 is 0 Å². The number of piperidine rings is 1. The van der Waals surface area contributed by atoms with Crippen molar-refractivity contribution >= 4 is 11.7 Å². The fourth-order valence-electron chi connectivity index (χ4n) is 2.13. The Hall–Kier alpha value is -0.520. The zero-order valence-electron chi connectivity index (χ0n) is 9.85. The summed E-state index contributed by atoms with van der Waals surface area (Å²) >= 11 is 1.28. The van der Waals surface area contributed by atoms with Gasteiger partial charge in [-0.3, -0.25) is 0 Å². The molecule has 1 aliphatic heterocycles. The maximum Gasteiger partial charge on any atom is 0.0880 e. The third-order valence-corrected chi connectivity index (χ3v) is 3.54. The molecule has 1 fully saturated rings. The monoisotopic (exact) mass is 240 g/mol. The highest BCUT2D eigenvalue weighted by Gasteiger charge is 2.13. The summed E-state index contributed by atoms with van der Waals surface area (Å²) in [6, 6.07) is 0.528. The quantitative estimate of drug-likeness (QED) is 0.847. The van der Waals surface area contributed by atoms with Gasteiger partial charge in [0.05, 0.1) is 23.6 Å². The van der Waals surface area contributed by atoms with Crippen molar-refractivity contribution in [3.63, 3.8) is 0 Å². The van der Waals surface area contributed by atoms with Gasteiger partial charge in [-0.25, -0.2) is 0 Å². The molecule has 1 aromatic heterocycles. The van der Waals surface area contributed by atoms with E-state index in [0.717, 1.165) is 18.8 Å². The van der Waals surface area contributed by atoms with Gasteiger partial charge in [-0.2, -0.15) is 8.75 Å². The first kappa shape index (κ1) is 12.0. The van der Waals surface area contributed by atoms with Crippen molar-refractivity contribution in [1.29, 1.82) is 0 Å². The number of rotatable bonds is 5. The van der Waals surface area contributed by atoms with E-state index in [1.54, 1.807) is 0 Å². The Balaban J connectivity index is 1.65. The van der Waals surface area contributed by atoms with Crippen molar-refractivity contribution < 1.29 is 0 Å². The van der Waals surface area contributed by atoms with Gasteiger partial charge in [-0.1, -0.05) is 6.42 Å². The molecule has 1 unspecified atom stereocenters. The Bertz CT molecular complexity index is 282. The van der Waals surface area contributed by atoms with Crippen LogP contribution in [0.25, 0.3) is 0 Å². The lowest BCUT2D eigenvalue weighted by Crippen LogP contribution is -2.41. The second-order valence-electron chi connectivity index (χ2n) is 4.54. The van der Waals surface area contributed by atoms with Gasteiger partial charge in [0.15, 0.2) is 0 Å². The Morgan fingerprint density at radius 1 is 1.44 bits per heavy atom. The van der Waals surface area contributed by atoms with Crippen molar-refractivity contribution in [2.24, 2.45) is 0 Å². The first-order chi connectivity index (χ1) is 7.84. The van der Waals surface area contributed by atoms with E-state index < -0.39 is 0 Å². The van der Waals surface area contributed by atoms with Crippen LogP contribution in [0, 0.1) is 0 Å². The van der Waals surface area contributed by atoms with Crippen LogP contribution in [0.4, 0.5) is 0 Å². The molecule has 0 aromatic carbocycles. The smallest absolute Gasteiger partial charge is 0.0880 e. The van der Waals surface area contributed by atoms with Crippen LogP contribution in [0.1, 0.15) is 31.9 Å². The summed E-state index contributed by atoms with van der Waals surface area (Å²) < 4.78 is 8.19. The van der Waals surface area contributed by atoms with Crippen LogP contribution in [0.15, 0.2) is 6.20 Å². The lowest BCUT2D eigenvalue weighted by molar-refractivity contribution is 0.208. The summed E-state index contributed by atoms with van der Waals surface area (Å²) in [5.74, 6) is 0. The fraction of sp³-hybridized carbons (Fsp3) is 0.818. The molecule has 1 aromatic rings. The summed E-state index contributed by atoms with van der Waals surface area (Å²) in [4.78, 5) is 2.56. The molecule has 0 saturated carbocycles. The molecule has 2 rings (SSSR count). The van der Waals surface area contributed by atoms with Crippen LogP contribution in [0.5, 0.6) is 0 Å². The van der Waals surface area contributed by atoms with Crippen molar-refractivity contribution in [3.05, 3.63) is 11.9 Å². The second-order valence-corrected chi connectivity index (χ2v) is 5.10. The van der Waals surface area contributed by atoms with Gasteiger partial charge in [0.25, 0.3) is 0 Å². The molecule has 90 valence electrons. The summed E-state index contributed by atoms with van der Waals surface area (Å²) in [5.41, 5.74) is 1.05. The predicted octanol–water partition coefficient (Wildman–Crippen LogP) is 1.50. The Morgan fingerprint density at radius 3 is 2.94 bits per heavy atom. The average Bonchev–Trinajstić information content (AvgIpc) is 2.81. The van der Waals surface area contributed by atoms with Crippen LogP contribution in [0.2, 0.25) is 0 Å². The highest BCUT2D eigenvalue weighted by Crippen LogP contribution is 2.08. The molecule has 0 amide bonds. The predicted molar refractivity (Wildman–Crippen MR) is 66.5 cm³/mol. The third-order valence-electron chi connectivity index (χ3n) is 3.02. The van der Waals surface area contributed by atoms with Gasteiger partial charge in [0, 0.05) is 19.1 Å². The Morgan fingerprint density at radius 2 is 2.25 bits per heavy atom. The largest absolute Gasteiger partial charge is 0.307 e. The normalized spacial score (nSPS) is 19.8. The van der Waals surface area contributed by atoms with Gasteiger partial charge < -0.3 is 10.2 Å². The molecular formula is C11H20N4S. The number of aromatic nitrogens is 2. The molecule has 0 aliphatic carbocycles. The molecular weight excluding hydrogens is 220 g/mol. The molecule has 16 heavy (non-hydrogen) atoms. The van der Waals surface area contributed by atoms with Crippen molar-refractivity contribution in [2.45, 2.75) is 38.8 Å². The van der Waals surface area contributed by atoms with Crippen LogP contribution in [-0.2, 0) is 6.54 Å². The highest BCUT2D eigenvalue weighted by molar-refractivity contribution is 6.99. The van der Waals surface area contributed by atoms with E-state index in [1.807, 2.05) is 6.20 Å².